The van der Waals surface area contributed by atoms with Crippen molar-refractivity contribution in [1.82, 2.24) is 4.98 Å². The Balaban J connectivity index is 0.00000128. The topological polar surface area (TPSA) is 51.0 Å². The zero-order valence-electron chi connectivity index (χ0n) is 9.07. The van der Waals surface area contributed by atoms with Gasteiger partial charge in [0, 0.05) is 23.1 Å². The van der Waals surface area contributed by atoms with Crippen molar-refractivity contribution >= 4 is 23.3 Å². The van der Waals surface area contributed by atoms with Gasteiger partial charge in [-0.3, -0.25) is 0 Å². The van der Waals surface area contributed by atoms with Crippen molar-refractivity contribution in [2.45, 2.75) is 6.04 Å². The van der Waals surface area contributed by atoms with Crippen LogP contribution in [0, 0.1) is 0 Å². The molecule has 1 heterocycles. The lowest BCUT2D eigenvalue weighted by Gasteiger charge is -2.05. The maximum absolute atomic E-state index is 5.92. The number of ether oxygens (including phenoxy) is 1. The van der Waals surface area contributed by atoms with E-state index in [4.69, 9.17) is 10.5 Å². The molecule has 1 aromatic carbocycles. The molecule has 0 unspecified atom stereocenters. The Hall–Kier alpha value is -1.45. The van der Waals surface area contributed by atoms with E-state index in [0.29, 0.717) is 0 Å². The number of halogens is 1. The summed E-state index contributed by atoms with van der Waals surface area (Å²) in [6.45, 7) is 3.70. The van der Waals surface area contributed by atoms with Gasteiger partial charge < -0.3 is 15.5 Å². The highest BCUT2D eigenvalue weighted by Gasteiger charge is 2.09. The molecule has 16 heavy (non-hydrogen) atoms. The molecule has 3 N–H and O–H groups in total. The van der Waals surface area contributed by atoms with Gasteiger partial charge in [-0.25, -0.2) is 0 Å². The fraction of sp³-hybridized carbons (Fsp3) is 0.167. The molecule has 0 saturated heterocycles. The second kappa shape index (κ2) is 5.05. The number of nitrogens with one attached hydrogen (secondary N) is 1. The molecule has 0 bridgehead atoms. The molecule has 0 radical (unpaired) electrons. The molecule has 2 aromatic rings. The molecular formula is C12H15ClN2O. The lowest BCUT2D eigenvalue weighted by Crippen LogP contribution is -2.05. The van der Waals surface area contributed by atoms with Crippen LogP contribution in [0.1, 0.15) is 11.6 Å². The molecule has 0 spiro atoms. The highest BCUT2D eigenvalue weighted by molar-refractivity contribution is 5.85. The zero-order valence-corrected chi connectivity index (χ0v) is 9.88. The molecule has 0 aliphatic carbocycles. The van der Waals surface area contributed by atoms with Gasteiger partial charge in [0.2, 0.25) is 0 Å². The predicted molar refractivity (Wildman–Crippen MR) is 69.2 cm³/mol. The fourth-order valence-corrected chi connectivity index (χ4v) is 1.65. The number of rotatable bonds is 3. The smallest absolute Gasteiger partial charge is 0.119 e. The fourth-order valence-electron chi connectivity index (χ4n) is 1.65. The summed E-state index contributed by atoms with van der Waals surface area (Å²) in [5.41, 5.74) is 8.02. The van der Waals surface area contributed by atoms with Gasteiger partial charge in [0.25, 0.3) is 0 Å². The lowest BCUT2D eigenvalue weighted by atomic mass is 10.1. The van der Waals surface area contributed by atoms with E-state index in [1.54, 1.807) is 13.2 Å². The average Bonchev–Trinajstić information content (AvgIpc) is 2.70. The summed E-state index contributed by atoms with van der Waals surface area (Å²) in [5, 5.41) is 1.08. The van der Waals surface area contributed by atoms with E-state index >= 15 is 0 Å². The second-order valence-corrected chi connectivity index (χ2v) is 3.42. The van der Waals surface area contributed by atoms with Crippen molar-refractivity contribution in [1.29, 1.82) is 0 Å². The van der Waals surface area contributed by atoms with Gasteiger partial charge in [-0.1, -0.05) is 6.08 Å². The third-order valence-corrected chi connectivity index (χ3v) is 2.53. The van der Waals surface area contributed by atoms with Crippen molar-refractivity contribution in [3.8, 4) is 5.75 Å². The van der Waals surface area contributed by atoms with Crippen molar-refractivity contribution in [3.63, 3.8) is 0 Å². The van der Waals surface area contributed by atoms with Crippen LogP contribution in [-0.4, -0.2) is 12.1 Å². The van der Waals surface area contributed by atoms with Gasteiger partial charge in [0.05, 0.1) is 7.11 Å². The monoisotopic (exact) mass is 238 g/mol. The van der Waals surface area contributed by atoms with Crippen molar-refractivity contribution < 1.29 is 4.74 Å². The summed E-state index contributed by atoms with van der Waals surface area (Å²) in [7, 11) is 1.65. The van der Waals surface area contributed by atoms with Crippen molar-refractivity contribution in [2.24, 2.45) is 5.73 Å². The van der Waals surface area contributed by atoms with Crippen LogP contribution in [0.25, 0.3) is 10.9 Å². The van der Waals surface area contributed by atoms with Crippen LogP contribution in [0.4, 0.5) is 0 Å². The minimum Gasteiger partial charge on any atom is -0.497 e. The number of nitrogens with two attached hydrogens (primary N) is 1. The van der Waals surface area contributed by atoms with E-state index in [1.165, 1.54) is 0 Å². The third kappa shape index (κ3) is 2.05. The summed E-state index contributed by atoms with van der Waals surface area (Å²) < 4.78 is 5.18. The number of aromatic nitrogens is 1. The highest BCUT2D eigenvalue weighted by atomic mass is 35.5. The number of H-pyrrole nitrogens is 1. The normalized spacial score (nSPS) is 11.9. The van der Waals surface area contributed by atoms with Crippen molar-refractivity contribution in [3.05, 3.63) is 42.6 Å². The molecule has 4 heteroatoms. The first-order chi connectivity index (χ1) is 7.26. The Bertz CT molecular complexity index is 493. The largest absolute Gasteiger partial charge is 0.497 e. The van der Waals surface area contributed by atoms with Crippen LogP contribution in [0.5, 0.6) is 5.75 Å². The maximum atomic E-state index is 5.92. The molecule has 1 atom stereocenters. The molecular weight excluding hydrogens is 224 g/mol. The first-order valence-electron chi connectivity index (χ1n) is 4.79. The molecule has 86 valence electrons. The third-order valence-electron chi connectivity index (χ3n) is 2.53. The first-order valence-corrected chi connectivity index (χ1v) is 4.79. The van der Waals surface area contributed by atoms with E-state index in [2.05, 4.69) is 11.6 Å². The Labute approximate surface area is 101 Å². The van der Waals surface area contributed by atoms with Gasteiger partial charge >= 0.3 is 0 Å². The number of benzene rings is 1. The molecule has 0 aliphatic rings. The van der Waals surface area contributed by atoms with E-state index < -0.39 is 0 Å². The van der Waals surface area contributed by atoms with Crippen LogP contribution in [0.2, 0.25) is 0 Å². The summed E-state index contributed by atoms with van der Waals surface area (Å²) in [5.74, 6) is 0.833. The van der Waals surface area contributed by atoms with Crippen LogP contribution < -0.4 is 10.5 Å². The lowest BCUT2D eigenvalue weighted by molar-refractivity contribution is 0.415. The van der Waals surface area contributed by atoms with Gasteiger partial charge in [0.15, 0.2) is 0 Å². The highest BCUT2D eigenvalue weighted by Crippen LogP contribution is 2.26. The Morgan fingerprint density at radius 2 is 2.25 bits per heavy atom. The summed E-state index contributed by atoms with van der Waals surface area (Å²) in [6.07, 6.45) is 3.64. The zero-order chi connectivity index (χ0) is 10.8. The summed E-state index contributed by atoms with van der Waals surface area (Å²) in [4.78, 5) is 3.17. The first kappa shape index (κ1) is 12.6. The van der Waals surface area contributed by atoms with Gasteiger partial charge in [-0.15, -0.1) is 19.0 Å². The van der Waals surface area contributed by atoms with Crippen molar-refractivity contribution in [2.75, 3.05) is 7.11 Å². The van der Waals surface area contributed by atoms with E-state index in [0.717, 1.165) is 22.2 Å². The average molecular weight is 239 g/mol. The van der Waals surface area contributed by atoms with Crippen LogP contribution in [0.3, 0.4) is 0 Å². The molecule has 1 aromatic heterocycles. The molecule has 0 fully saturated rings. The van der Waals surface area contributed by atoms with E-state index in [9.17, 15) is 0 Å². The van der Waals surface area contributed by atoms with E-state index in [-0.39, 0.29) is 18.4 Å². The summed E-state index contributed by atoms with van der Waals surface area (Å²) >= 11 is 0. The Morgan fingerprint density at radius 1 is 1.50 bits per heavy atom. The number of fused-ring (bicyclic) bond motifs is 1. The van der Waals surface area contributed by atoms with Gasteiger partial charge in [-0.2, -0.15) is 0 Å². The molecule has 3 nitrogen and oxygen atoms in total. The Morgan fingerprint density at radius 3 is 2.88 bits per heavy atom. The van der Waals surface area contributed by atoms with Gasteiger partial charge in [0.1, 0.15) is 5.75 Å². The quantitative estimate of drug-likeness (QED) is 0.808. The number of hydrogen-bond donors (Lipinski definition) is 2. The van der Waals surface area contributed by atoms with Crippen LogP contribution in [-0.2, 0) is 0 Å². The standard InChI is InChI=1S/C12H14N2O.ClH/c1-3-11(13)10-7-14-12-5-4-8(15-2)6-9(10)12;/h3-7,11,14H,1,13H2,2H3;1H/t11-;/m1./s1. The number of hydrogen-bond acceptors (Lipinski definition) is 2. The molecule has 2 rings (SSSR count). The number of aromatic amines is 1. The van der Waals surface area contributed by atoms with Gasteiger partial charge in [-0.05, 0) is 23.8 Å². The van der Waals surface area contributed by atoms with Crippen LogP contribution >= 0.6 is 12.4 Å². The Kier molecular flexibility index (Phi) is 3.99. The second-order valence-electron chi connectivity index (χ2n) is 3.42. The van der Waals surface area contributed by atoms with E-state index in [1.807, 2.05) is 24.4 Å². The predicted octanol–water partition coefficient (Wildman–Crippen LogP) is 2.78. The summed E-state index contributed by atoms with van der Waals surface area (Å²) in [6, 6.07) is 5.73. The molecule has 0 saturated carbocycles. The van der Waals surface area contributed by atoms with Crippen LogP contribution in [0.15, 0.2) is 37.1 Å². The molecule has 0 amide bonds. The number of methoxy groups -OCH3 is 1. The minimum atomic E-state index is -0.147. The minimum absolute atomic E-state index is 0. The SMILES string of the molecule is C=C[C@@H](N)c1c[nH]c2ccc(OC)cc12.Cl. The molecule has 0 aliphatic heterocycles. The maximum Gasteiger partial charge on any atom is 0.119 e.